The molecule has 0 spiro atoms. The number of anilines is 1. The van der Waals surface area contributed by atoms with E-state index in [0.717, 1.165) is 17.7 Å². The van der Waals surface area contributed by atoms with Gasteiger partial charge in [-0.1, -0.05) is 11.3 Å². The lowest BCUT2D eigenvalue weighted by atomic mass is 10.2. The molecule has 2 aliphatic rings. The van der Waals surface area contributed by atoms with Crippen LogP contribution in [0.4, 0.5) is 5.13 Å². The quantitative estimate of drug-likeness (QED) is 0.634. The van der Waals surface area contributed by atoms with Crippen LogP contribution in [0.1, 0.15) is 24.1 Å². The smallest absolute Gasteiger partial charge is 0.197 e. The minimum Gasteiger partial charge on any atom is -0.300 e. The normalized spacial score (nSPS) is 25.9. The van der Waals surface area contributed by atoms with E-state index >= 15 is 0 Å². The lowest BCUT2D eigenvalue weighted by Crippen LogP contribution is -2.36. The van der Waals surface area contributed by atoms with Crippen molar-refractivity contribution in [2.24, 2.45) is 5.84 Å². The molecular weight excluding hydrogens is 246 g/mol. The molecular formula is C12H21N5S. The number of hydrogen-bond donors (Lipinski definition) is 2. The largest absolute Gasteiger partial charge is 0.300 e. The summed E-state index contributed by atoms with van der Waals surface area (Å²) < 4.78 is 0. The SMILES string of the molecule is NNc1ncc(CN2CCCN3CCCC3C2)s1. The van der Waals surface area contributed by atoms with Crippen LogP contribution in [0.25, 0.3) is 0 Å². The van der Waals surface area contributed by atoms with Gasteiger partial charge in [0.05, 0.1) is 0 Å². The van der Waals surface area contributed by atoms with Crippen LogP contribution >= 0.6 is 11.3 Å². The molecule has 0 aliphatic carbocycles. The van der Waals surface area contributed by atoms with Gasteiger partial charge in [0.25, 0.3) is 0 Å². The molecule has 3 heterocycles. The molecule has 1 aromatic rings. The molecule has 0 radical (unpaired) electrons. The van der Waals surface area contributed by atoms with Crippen molar-refractivity contribution in [1.29, 1.82) is 0 Å². The summed E-state index contributed by atoms with van der Waals surface area (Å²) in [6, 6.07) is 0.785. The standard InChI is InChI=1S/C12H21N5S/c13-15-12-14-7-11(18-12)9-16-4-2-6-17-5-1-3-10(17)8-16/h7,10H,1-6,8-9,13H2,(H,14,15). The molecule has 2 aliphatic heterocycles. The third-order valence-corrected chi connectivity index (χ3v) is 4.86. The van der Waals surface area contributed by atoms with Crippen LogP contribution in [0, 0.1) is 0 Å². The first kappa shape index (κ1) is 12.3. The van der Waals surface area contributed by atoms with Gasteiger partial charge in [0.2, 0.25) is 0 Å². The maximum absolute atomic E-state index is 5.37. The molecule has 1 aromatic heterocycles. The van der Waals surface area contributed by atoms with E-state index in [1.54, 1.807) is 11.3 Å². The predicted octanol–water partition coefficient (Wildman–Crippen LogP) is 1.10. The zero-order valence-electron chi connectivity index (χ0n) is 10.6. The van der Waals surface area contributed by atoms with E-state index in [0.29, 0.717) is 0 Å². The number of nitrogens with two attached hydrogens (primary N) is 1. The van der Waals surface area contributed by atoms with Crippen molar-refractivity contribution in [2.75, 3.05) is 31.6 Å². The van der Waals surface area contributed by atoms with Gasteiger partial charge in [0, 0.05) is 30.2 Å². The van der Waals surface area contributed by atoms with Gasteiger partial charge < -0.3 is 0 Å². The number of aromatic nitrogens is 1. The predicted molar refractivity (Wildman–Crippen MR) is 74.4 cm³/mol. The number of rotatable bonds is 3. The zero-order chi connectivity index (χ0) is 12.4. The van der Waals surface area contributed by atoms with E-state index in [1.807, 2.05) is 6.20 Å². The summed E-state index contributed by atoms with van der Waals surface area (Å²) >= 11 is 1.66. The number of thiazole rings is 1. The Bertz CT molecular complexity index is 394. The summed E-state index contributed by atoms with van der Waals surface area (Å²) in [5, 5.41) is 0.808. The van der Waals surface area contributed by atoms with Gasteiger partial charge in [0.1, 0.15) is 0 Å². The van der Waals surface area contributed by atoms with Gasteiger partial charge in [-0.2, -0.15) is 0 Å². The lowest BCUT2D eigenvalue weighted by molar-refractivity contribution is 0.216. The topological polar surface area (TPSA) is 57.4 Å². The van der Waals surface area contributed by atoms with E-state index in [1.165, 1.54) is 50.3 Å². The number of nitrogens with one attached hydrogen (secondary N) is 1. The molecule has 1 atom stereocenters. The van der Waals surface area contributed by atoms with Crippen LogP contribution in [0.5, 0.6) is 0 Å². The van der Waals surface area contributed by atoms with E-state index in [4.69, 9.17) is 5.84 Å². The van der Waals surface area contributed by atoms with E-state index in [2.05, 4.69) is 20.2 Å². The lowest BCUT2D eigenvalue weighted by Gasteiger charge is -2.25. The minimum absolute atomic E-state index is 0.785. The highest BCUT2D eigenvalue weighted by Gasteiger charge is 2.28. The number of hydrazine groups is 1. The monoisotopic (exact) mass is 267 g/mol. The third kappa shape index (κ3) is 2.66. The van der Waals surface area contributed by atoms with Crippen molar-refractivity contribution in [2.45, 2.75) is 31.8 Å². The highest BCUT2D eigenvalue weighted by molar-refractivity contribution is 7.15. The minimum atomic E-state index is 0.785. The number of nitrogen functional groups attached to an aromatic ring is 1. The first-order valence-corrected chi connectivity index (χ1v) is 7.54. The summed E-state index contributed by atoms with van der Waals surface area (Å²) in [5.41, 5.74) is 2.61. The molecule has 0 amide bonds. The Balaban J connectivity index is 1.61. The molecule has 2 fully saturated rings. The summed E-state index contributed by atoms with van der Waals surface area (Å²) in [6.45, 7) is 6.02. The van der Waals surface area contributed by atoms with Gasteiger partial charge in [-0.15, -0.1) is 0 Å². The fourth-order valence-electron chi connectivity index (χ4n) is 3.09. The molecule has 3 rings (SSSR count). The van der Waals surface area contributed by atoms with Crippen molar-refractivity contribution in [3.63, 3.8) is 0 Å². The number of fused-ring (bicyclic) bond motifs is 1. The first-order valence-electron chi connectivity index (χ1n) is 6.73. The Hall–Kier alpha value is -0.690. The van der Waals surface area contributed by atoms with Crippen LogP contribution in [-0.4, -0.2) is 47.0 Å². The summed E-state index contributed by atoms with van der Waals surface area (Å²) in [5.74, 6) is 5.37. The van der Waals surface area contributed by atoms with Crippen molar-refractivity contribution in [3.05, 3.63) is 11.1 Å². The Kier molecular flexibility index (Phi) is 3.79. The maximum atomic E-state index is 5.37. The summed E-state index contributed by atoms with van der Waals surface area (Å²) in [7, 11) is 0. The van der Waals surface area contributed by atoms with Crippen LogP contribution in [0.3, 0.4) is 0 Å². The van der Waals surface area contributed by atoms with Crippen molar-refractivity contribution in [3.8, 4) is 0 Å². The van der Waals surface area contributed by atoms with E-state index in [9.17, 15) is 0 Å². The van der Waals surface area contributed by atoms with Crippen molar-refractivity contribution >= 4 is 16.5 Å². The second-order valence-electron chi connectivity index (χ2n) is 5.20. The third-order valence-electron chi connectivity index (χ3n) is 3.94. The molecule has 0 bridgehead atoms. The summed E-state index contributed by atoms with van der Waals surface area (Å²) in [4.78, 5) is 10.8. The van der Waals surface area contributed by atoms with Crippen LogP contribution in [-0.2, 0) is 6.54 Å². The highest BCUT2D eigenvalue weighted by Crippen LogP contribution is 2.24. The Labute approximate surface area is 112 Å². The fourth-order valence-corrected chi connectivity index (χ4v) is 3.86. The molecule has 0 aromatic carbocycles. The second-order valence-corrected chi connectivity index (χ2v) is 6.31. The average Bonchev–Trinajstić information content (AvgIpc) is 2.96. The Morgan fingerprint density at radius 3 is 3.11 bits per heavy atom. The Morgan fingerprint density at radius 2 is 2.28 bits per heavy atom. The Morgan fingerprint density at radius 1 is 1.39 bits per heavy atom. The highest BCUT2D eigenvalue weighted by atomic mass is 32.1. The zero-order valence-corrected chi connectivity index (χ0v) is 11.5. The summed E-state index contributed by atoms with van der Waals surface area (Å²) in [6.07, 6.45) is 5.98. The van der Waals surface area contributed by atoms with Crippen LogP contribution in [0.15, 0.2) is 6.20 Å². The number of nitrogens with zero attached hydrogens (tertiary/aromatic N) is 3. The van der Waals surface area contributed by atoms with Gasteiger partial charge in [-0.05, 0) is 38.9 Å². The number of hydrogen-bond acceptors (Lipinski definition) is 6. The van der Waals surface area contributed by atoms with Gasteiger partial charge in [-0.25, -0.2) is 10.8 Å². The molecule has 3 N–H and O–H groups in total. The van der Waals surface area contributed by atoms with Crippen molar-refractivity contribution < 1.29 is 0 Å². The van der Waals surface area contributed by atoms with E-state index in [-0.39, 0.29) is 0 Å². The van der Waals surface area contributed by atoms with Crippen LogP contribution < -0.4 is 11.3 Å². The van der Waals surface area contributed by atoms with Gasteiger partial charge >= 0.3 is 0 Å². The van der Waals surface area contributed by atoms with Gasteiger partial charge in [0.15, 0.2) is 5.13 Å². The molecule has 0 saturated carbocycles. The molecule has 2 saturated heterocycles. The molecule has 6 heteroatoms. The molecule has 18 heavy (non-hydrogen) atoms. The van der Waals surface area contributed by atoms with Crippen molar-refractivity contribution in [1.82, 2.24) is 14.8 Å². The second kappa shape index (κ2) is 5.52. The first-order chi connectivity index (χ1) is 8.85. The fraction of sp³-hybridized carbons (Fsp3) is 0.750. The average molecular weight is 267 g/mol. The molecule has 1 unspecified atom stereocenters. The maximum Gasteiger partial charge on any atom is 0.197 e. The van der Waals surface area contributed by atoms with Gasteiger partial charge in [-0.3, -0.25) is 15.2 Å². The molecule has 5 nitrogen and oxygen atoms in total. The molecule has 100 valence electrons. The van der Waals surface area contributed by atoms with E-state index < -0.39 is 0 Å². The van der Waals surface area contributed by atoms with Crippen LogP contribution in [0.2, 0.25) is 0 Å².